The summed E-state index contributed by atoms with van der Waals surface area (Å²) in [6, 6.07) is 4.79. The molecule has 0 heterocycles. The Morgan fingerprint density at radius 3 is 2.67 bits per heavy atom. The second-order valence-corrected chi connectivity index (χ2v) is 3.73. The molecule has 0 bridgehead atoms. The monoisotopic (exact) mass is 254 g/mol. The molecule has 1 aromatic rings. The molecule has 5 heteroatoms. The van der Waals surface area contributed by atoms with Crippen LogP contribution in [0.4, 0.5) is 0 Å². The third-order valence-electron chi connectivity index (χ3n) is 2.37. The zero-order valence-corrected chi connectivity index (χ0v) is 10.8. The zero-order valence-electron chi connectivity index (χ0n) is 10.8. The van der Waals surface area contributed by atoms with Crippen LogP contribution in [-0.4, -0.2) is 37.5 Å². The number of carbonyl (C=O) groups is 1. The minimum Gasteiger partial charge on any atom is -0.490 e. The predicted molar refractivity (Wildman–Crippen MR) is 66.5 cm³/mol. The summed E-state index contributed by atoms with van der Waals surface area (Å²) < 4.78 is 15.9. The van der Waals surface area contributed by atoms with Gasteiger partial charge < -0.3 is 19.3 Å². The maximum absolute atomic E-state index is 11.1. The van der Waals surface area contributed by atoms with Crippen molar-refractivity contribution in [2.75, 3.05) is 20.3 Å². The van der Waals surface area contributed by atoms with Gasteiger partial charge in [-0.15, -0.1) is 0 Å². The van der Waals surface area contributed by atoms with Crippen LogP contribution in [0.5, 0.6) is 11.5 Å². The highest BCUT2D eigenvalue weighted by atomic mass is 16.5. The minimum atomic E-state index is -1.04. The molecule has 0 saturated heterocycles. The number of benzene rings is 1. The summed E-state index contributed by atoms with van der Waals surface area (Å²) in [5, 5.41) is 9.11. The van der Waals surface area contributed by atoms with E-state index < -0.39 is 5.97 Å². The molecule has 0 fully saturated rings. The largest absolute Gasteiger partial charge is 0.490 e. The molecule has 0 spiro atoms. The summed E-state index contributed by atoms with van der Waals surface area (Å²) in [4.78, 5) is 11.1. The van der Waals surface area contributed by atoms with Crippen molar-refractivity contribution in [3.05, 3.63) is 23.8 Å². The van der Waals surface area contributed by atoms with E-state index in [-0.39, 0.29) is 24.0 Å². The molecule has 100 valence electrons. The number of ether oxygens (including phenoxy) is 3. The van der Waals surface area contributed by atoms with E-state index in [4.69, 9.17) is 19.3 Å². The van der Waals surface area contributed by atoms with Crippen LogP contribution in [0.3, 0.4) is 0 Å². The third-order valence-corrected chi connectivity index (χ3v) is 2.37. The van der Waals surface area contributed by atoms with E-state index in [2.05, 4.69) is 0 Å². The molecule has 1 aromatic carbocycles. The lowest BCUT2D eigenvalue weighted by atomic mass is 10.2. The molecule has 5 nitrogen and oxygen atoms in total. The lowest BCUT2D eigenvalue weighted by Crippen LogP contribution is -2.17. The van der Waals surface area contributed by atoms with Crippen molar-refractivity contribution in [3.8, 4) is 11.5 Å². The summed E-state index contributed by atoms with van der Waals surface area (Å²) in [6.07, 6.45) is -0.124. The van der Waals surface area contributed by atoms with Gasteiger partial charge in [0.25, 0.3) is 0 Å². The Labute approximate surface area is 106 Å². The van der Waals surface area contributed by atoms with Crippen LogP contribution in [-0.2, 0) is 4.74 Å². The van der Waals surface area contributed by atoms with Gasteiger partial charge in [-0.2, -0.15) is 0 Å². The maximum Gasteiger partial charge on any atom is 0.339 e. The maximum atomic E-state index is 11.1. The lowest BCUT2D eigenvalue weighted by molar-refractivity contribution is 0.0637. The van der Waals surface area contributed by atoms with Crippen molar-refractivity contribution >= 4 is 5.97 Å². The number of rotatable bonds is 7. The van der Waals surface area contributed by atoms with Gasteiger partial charge in [-0.05, 0) is 26.0 Å². The van der Waals surface area contributed by atoms with Crippen LogP contribution in [0.1, 0.15) is 24.2 Å². The molecule has 0 radical (unpaired) electrons. The van der Waals surface area contributed by atoms with Crippen LogP contribution >= 0.6 is 0 Å². The quantitative estimate of drug-likeness (QED) is 0.808. The first kappa shape index (κ1) is 14.3. The van der Waals surface area contributed by atoms with E-state index in [1.165, 1.54) is 6.07 Å². The molecule has 0 amide bonds. The van der Waals surface area contributed by atoms with Gasteiger partial charge in [-0.25, -0.2) is 4.79 Å². The second-order valence-electron chi connectivity index (χ2n) is 3.73. The van der Waals surface area contributed by atoms with Gasteiger partial charge in [0, 0.05) is 7.11 Å². The Hall–Kier alpha value is -1.75. The number of hydrogen-bond donors (Lipinski definition) is 1. The van der Waals surface area contributed by atoms with Gasteiger partial charge in [0.1, 0.15) is 12.2 Å². The summed E-state index contributed by atoms with van der Waals surface area (Å²) >= 11 is 0. The molecule has 0 aliphatic carbocycles. The first-order chi connectivity index (χ1) is 8.60. The van der Waals surface area contributed by atoms with Crippen molar-refractivity contribution < 1.29 is 24.1 Å². The van der Waals surface area contributed by atoms with Crippen LogP contribution < -0.4 is 9.47 Å². The fourth-order valence-corrected chi connectivity index (χ4v) is 1.37. The first-order valence-corrected chi connectivity index (χ1v) is 5.74. The van der Waals surface area contributed by atoms with Crippen molar-refractivity contribution in [1.29, 1.82) is 0 Å². The Morgan fingerprint density at radius 2 is 2.11 bits per heavy atom. The van der Waals surface area contributed by atoms with E-state index in [0.717, 1.165) is 0 Å². The molecular formula is C13H18O5. The van der Waals surface area contributed by atoms with E-state index in [1.54, 1.807) is 19.2 Å². The molecule has 18 heavy (non-hydrogen) atoms. The van der Waals surface area contributed by atoms with Crippen molar-refractivity contribution in [3.63, 3.8) is 0 Å². The molecule has 0 aromatic heterocycles. The van der Waals surface area contributed by atoms with Gasteiger partial charge in [0.2, 0.25) is 0 Å². The fraction of sp³-hybridized carbons (Fsp3) is 0.462. The van der Waals surface area contributed by atoms with E-state index in [9.17, 15) is 4.79 Å². The summed E-state index contributed by atoms with van der Waals surface area (Å²) in [6.45, 7) is 4.37. The van der Waals surface area contributed by atoms with Gasteiger partial charge in [0.15, 0.2) is 11.5 Å². The molecule has 0 saturated carbocycles. The number of para-hydroxylation sites is 1. The normalized spacial score (nSPS) is 11.9. The summed E-state index contributed by atoms with van der Waals surface area (Å²) in [5.74, 6) is -0.368. The van der Waals surface area contributed by atoms with Crippen LogP contribution in [0.2, 0.25) is 0 Å². The highest BCUT2D eigenvalue weighted by molar-refractivity contribution is 5.92. The van der Waals surface area contributed by atoms with Gasteiger partial charge >= 0.3 is 5.97 Å². The topological polar surface area (TPSA) is 65.0 Å². The SMILES string of the molecule is CCOc1cccc(C(=O)O)c1OCC(C)OC. The van der Waals surface area contributed by atoms with Crippen molar-refractivity contribution in [2.45, 2.75) is 20.0 Å². The van der Waals surface area contributed by atoms with E-state index in [1.807, 2.05) is 13.8 Å². The Bertz CT molecular complexity index is 402. The van der Waals surface area contributed by atoms with Crippen LogP contribution in [0.25, 0.3) is 0 Å². The van der Waals surface area contributed by atoms with Gasteiger partial charge in [-0.1, -0.05) is 6.07 Å². The molecule has 0 aliphatic heterocycles. The first-order valence-electron chi connectivity index (χ1n) is 5.74. The number of hydrogen-bond acceptors (Lipinski definition) is 4. The fourth-order valence-electron chi connectivity index (χ4n) is 1.37. The lowest BCUT2D eigenvalue weighted by Gasteiger charge is -2.16. The second kappa shape index (κ2) is 6.86. The van der Waals surface area contributed by atoms with Crippen molar-refractivity contribution in [2.24, 2.45) is 0 Å². The van der Waals surface area contributed by atoms with Gasteiger partial charge in [0.05, 0.1) is 12.7 Å². The number of carboxylic acid groups (broad SMARTS) is 1. The summed E-state index contributed by atoms with van der Waals surface area (Å²) in [5.41, 5.74) is 0.0873. The Balaban J connectivity index is 2.98. The number of methoxy groups -OCH3 is 1. The third kappa shape index (κ3) is 3.63. The minimum absolute atomic E-state index is 0.0873. The average molecular weight is 254 g/mol. The zero-order chi connectivity index (χ0) is 13.5. The molecule has 0 aliphatic rings. The molecular weight excluding hydrogens is 236 g/mol. The van der Waals surface area contributed by atoms with E-state index >= 15 is 0 Å². The van der Waals surface area contributed by atoms with Crippen LogP contribution in [0, 0.1) is 0 Å². The van der Waals surface area contributed by atoms with Crippen LogP contribution in [0.15, 0.2) is 18.2 Å². The smallest absolute Gasteiger partial charge is 0.339 e. The average Bonchev–Trinajstić information content (AvgIpc) is 2.36. The highest BCUT2D eigenvalue weighted by Gasteiger charge is 2.17. The Morgan fingerprint density at radius 1 is 1.39 bits per heavy atom. The number of aromatic carboxylic acids is 1. The molecule has 1 atom stereocenters. The number of carboxylic acids is 1. The standard InChI is InChI=1S/C13H18O5/c1-4-17-11-7-5-6-10(13(14)15)12(11)18-8-9(2)16-3/h5-7,9H,4,8H2,1-3H3,(H,14,15). The Kier molecular flexibility index (Phi) is 5.45. The molecule has 1 rings (SSSR count). The predicted octanol–water partition coefficient (Wildman–Crippen LogP) is 2.20. The summed E-state index contributed by atoms with van der Waals surface area (Å²) in [7, 11) is 1.57. The van der Waals surface area contributed by atoms with Crippen molar-refractivity contribution in [1.82, 2.24) is 0 Å². The molecule has 1 unspecified atom stereocenters. The van der Waals surface area contributed by atoms with Gasteiger partial charge in [-0.3, -0.25) is 0 Å². The highest BCUT2D eigenvalue weighted by Crippen LogP contribution is 2.31. The van der Waals surface area contributed by atoms with E-state index in [0.29, 0.717) is 12.4 Å². The molecule has 1 N–H and O–H groups in total.